The normalized spacial score (nSPS) is 11.2. The van der Waals surface area contributed by atoms with Crippen molar-refractivity contribution < 1.29 is 9.90 Å². The Hall–Kier alpha value is -2.93. The maximum absolute atomic E-state index is 11.8. The molecule has 0 fully saturated rings. The molecular weight excluding hydrogens is 330 g/mol. The molecule has 0 aliphatic heterocycles. The van der Waals surface area contributed by atoms with Gasteiger partial charge in [-0.15, -0.1) is 5.10 Å². The first-order valence-electron chi connectivity index (χ1n) is 7.22. The molecule has 0 aliphatic rings. The monoisotopic (exact) mass is 343 g/mol. The number of benzene rings is 2. The third kappa shape index (κ3) is 3.69. The minimum absolute atomic E-state index is 0.0338. The largest absolute Gasteiger partial charge is 0.507 e. The van der Waals surface area contributed by atoms with Gasteiger partial charge in [-0.25, -0.2) is 10.1 Å². The van der Waals surface area contributed by atoms with E-state index in [1.165, 1.54) is 12.3 Å². The average molecular weight is 344 g/mol. The molecule has 8 heteroatoms. The fraction of sp³-hybridized carbons (Fsp3) is 0.125. The molecule has 0 aliphatic carbocycles. The lowest BCUT2D eigenvalue weighted by Crippen LogP contribution is -2.19. The van der Waals surface area contributed by atoms with Crippen LogP contribution in [0.15, 0.2) is 47.6 Å². The van der Waals surface area contributed by atoms with Crippen molar-refractivity contribution in [1.29, 1.82) is 0 Å². The summed E-state index contributed by atoms with van der Waals surface area (Å²) in [4.78, 5) is 11.8. The van der Waals surface area contributed by atoms with E-state index in [2.05, 4.69) is 20.8 Å². The van der Waals surface area contributed by atoms with E-state index >= 15 is 0 Å². The number of aromatic hydroxyl groups is 1. The van der Waals surface area contributed by atoms with Gasteiger partial charge in [-0.2, -0.15) is 5.10 Å². The van der Waals surface area contributed by atoms with Crippen molar-refractivity contribution in [1.82, 2.24) is 20.4 Å². The van der Waals surface area contributed by atoms with Crippen LogP contribution in [0.25, 0.3) is 11.0 Å². The summed E-state index contributed by atoms with van der Waals surface area (Å²) in [5.74, 6) is -0.237. The van der Waals surface area contributed by atoms with Gasteiger partial charge in [-0.1, -0.05) is 28.9 Å². The van der Waals surface area contributed by atoms with Crippen LogP contribution in [-0.4, -0.2) is 32.2 Å². The highest BCUT2D eigenvalue weighted by atomic mass is 35.5. The predicted molar refractivity (Wildman–Crippen MR) is 91.0 cm³/mol. The molecular formula is C16H14ClN5O2. The van der Waals surface area contributed by atoms with E-state index < -0.39 is 0 Å². The topological polar surface area (TPSA) is 92.4 Å². The molecule has 1 amide bonds. The van der Waals surface area contributed by atoms with E-state index in [4.69, 9.17) is 11.6 Å². The molecule has 0 saturated carbocycles. The molecule has 7 nitrogen and oxygen atoms in total. The molecule has 24 heavy (non-hydrogen) atoms. The summed E-state index contributed by atoms with van der Waals surface area (Å²) in [7, 11) is 0. The summed E-state index contributed by atoms with van der Waals surface area (Å²) >= 11 is 5.84. The Kier molecular flexibility index (Phi) is 4.72. The Balaban J connectivity index is 1.56. The first-order chi connectivity index (χ1) is 11.6. The summed E-state index contributed by atoms with van der Waals surface area (Å²) in [6.45, 7) is 0.393. The predicted octanol–water partition coefficient (Wildman–Crippen LogP) is 2.33. The Morgan fingerprint density at radius 3 is 3.04 bits per heavy atom. The Morgan fingerprint density at radius 1 is 1.33 bits per heavy atom. The number of aryl methyl sites for hydroxylation is 1. The number of amides is 1. The highest BCUT2D eigenvalue weighted by Crippen LogP contribution is 2.19. The van der Waals surface area contributed by atoms with Crippen molar-refractivity contribution in [3.05, 3.63) is 53.1 Å². The fourth-order valence-corrected chi connectivity index (χ4v) is 2.33. The van der Waals surface area contributed by atoms with Crippen LogP contribution in [0.2, 0.25) is 5.02 Å². The van der Waals surface area contributed by atoms with Crippen LogP contribution < -0.4 is 5.43 Å². The number of nitrogens with zero attached hydrogens (tertiary/aromatic N) is 4. The van der Waals surface area contributed by atoms with Crippen molar-refractivity contribution in [2.24, 2.45) is 5.10 Å². The second-order valence-corrected chi connectivity index (χ2v) is 5.48. The van der Waals surface area contributed by atoms with Gasteiger partial charge in [0.25, 0.3) is 0 Å². The Bertz CT molecular complexity index is 906. The van der Waals surface area contributed by atoms with E-state index in [1.54, 1.807) is 16.8 Å². The van der Waals surface area contributed by atoms with Gasteiger partial charge in [0.1, 0.15) is 11.3 Å². The number of carbonyl (C=O) groups excluding carboxylic acids is 1. The number of carbonyl (C=O) groups is 1. The molecule has 1 aromatic heterocycles. The van der Waals surface area contributed by atoms with Crippen LogP contribution in [-0.2, 0) is 11.3 Å². The number of nitrogens with one attached hydrogen (secondary N) is 1. The smallest absolute Gasteiger partial charge is 0.241 e. The summed E-state index contributed by atoms with van der Waals surface area (Å²) in [5, 5.41) is 22.0. The van der Waals surface area contributed by atoms with E-state index in [0.29, 0.717) is 17.1 Å². The number of hydrogen-bond donors (Lipinski definition) is 2. The summed E-state index contributed by atoms with van der Waals surface area (Å²) in [5.41, 5.74) is 4.48. The maximum atomic E-state index is 11.8. The molecule has 0 unspecified atom stereocenters. The molecule has 122 valence electrons. The van der Waals surface area contributed by atoms with Crippen molar-refractivity contribution in [2.45, 2.75) is 13.0 Å². The number of hydrazone groups is 1. The number of hydrogen-bond acceptors (Lipinski definition) is 5. The van der Waals surface area contributed by atoms with Crippen LogP contribution in [0.3, 0.4) is 0 Å². The molecule has 2 N–H and O–H groups in total. The fourth-order valence-electron chi connectivity index (χ4n) is 2.15. The van der Waals surface area contributed by atoms with E-state index in [0.717, 1.165) is 11.0 Å². The highest BCUT2D eigenvalue weighted by molar-refractivity contribution is 6.30. The van der Waals surface area contributed by atoms with Crippen LogP contribution >= 0.6 is 11.6 Å². The standard InChI is InChI=1S/C16H14ClN5O2/c17-12-5-6-15(23)11(9-12)10-18-20-16(24)7-8-22-14-4-2-1-3-13(14)19-21-22/h1-6,9-10,23H,7-8H2,(H,20,24)/b18-10-. The summed E-state index contributed by atoms with van der Waals surface area (Å²) < 4.78 is 1.67. The van der Waals surface area contributed by atoms with Gasteiger partial charge in [0.05, 0.1) is 18.3 Å². The van der Waals surface area contributed by atoms with Crippen LogP contribution in [0.5, 0.6) is 5.75 Å². The molecule has 0 spiro atoms. The van der Waals surface area contributed by atoms with Crippen molar-refractivity contribution in [3.8, 4) is 5.75 Å². The second kappa shape index (κ2) is 7.10. The van der Waals surface area contributed by atoms with Gasteiger partial charge in [0.15, 0.2) is 0 Å². The molecule has 0 radical (unpaired) electrons. The number of aromatic nitrogens is 3. The van der Waals surface area contributed by atoms with Gasteiger partial charge in [0.2, 0.25) is 5.91 Å². The number of phenols is 1. The van der Waals surface area contributed by atoms with Gasteiger partial charge in [-0.05, 0) is 30.3 Å². The molecule has 1 heterocycles. The number of halogens is 1. The van der Waals surface area contributed by atoms with Gasteiger partial charge in [0, 0.05) is 17.0 Å². The third-order valence-electron chi connectivity index (χ3n) is 3.35. The minimum atomic E-state index is -0.271. The van der Waals surface area contributed by atoms with E-state index in [-0.39, 0.29) is 18.1 Å². The van der Waals surface area contributed by atoms with Crippen molar-refractivity contribution >= 4 is 34.8 Å². The lowest BCUT2D eigenvalue weighted by Gasteiger charge is -2.02. The quantitative estimate of drug-likeness (QED) is 0.549. The number of phenolic OH excluding ortho intramolecular Hbond substituents is 1. The first-order valence-corrected chi connectivity index (χ1v) is 7.60. The highest BCUT2D eigenvalue weighted by Gasteiger charge is 2.06. The van der Waals surface area contributed by atoms with Gasteiger partial charge >= 0.3 is 0 Å². The molecule has 2 aromatic carbocycles. The van der Waals surface area contributed by atoms with Crippen molar-refractivity contribution in [2.75, 3.05) is 0 Å². The number of rotatable bonds is 5. The zero-order chi connectivity index (χ0) is 16.9. The number of para-hydroxylation sites is 1. The lowest BCUT2D eigenvalue weighted by molar-refractivity contribution is -0.121. The Labute approximate surface area is 142 Å². The molecule has 0 bridgehead atoms. The summed E-state index contributed by atoms with van der Waals surface area (Å²) in [6.07, 6.45) is 1.54. The average Bonchev–Trinajstić information content (AvgIpc) is 2.99. The second-order valence-electron chi connectivity index (χ2n) is 5.05. The van der Waals surface area contributed by atoms with E-state index in [9.17, 15) is 9.90 Å². The van der Waals surface area contributed by atoms with Gasteiger partial charge < -0.3 is 5.11 Å². The van der Waals surface area contributed by atoms with Crippen LogP contribution in [0.4, 0.5) is 0 Å². The zero-order valence-corrected chi connectivity index (χ0v) is 13.3. The maximum Gasteiger partial charge on any atom is 0.241 e. The first kappa shape index (κ1) is 15.9. The third-order valence-corrected chi connectivity index (χ3v) is 3.59. The number of fused-ring (bicyclic) bond motifs is 1. The van der Waals surface area contributed by atoms with Gasteiger partial charge in [-0.3, -0.25) is 4.79 Å². The SMILES string of the molecule is O=C(CCn1nnc2ccccc21)N/N=C\c1cc(Cl)ccc1O. The minimum Gasteiger partial charge on any atom is -0.507 e. The van der Waals surface area contributed by atoms with E-state index in [1.807, 2.05) is 24.3 Å². The molecule has 0 atom stereocenters. The summed E-state index contributed by atoms with van der Waals surface area (Å²) in [6, 6.07) is 12.1. The Morgan fingerprint density at radius 2 is 2.17 bits per heavy atom. The molecule has 3 rings (SSSR count). The van der Waals surface area contributed by atoms with Crippen LogP contribution in [0.1, 0.15) is 12.0 Å². The molecule has 0 saturated heterocycles. The van der Waals surface area contributed by atoms with Crippen molar-refractivity contribution in [3.63, 3.8) is 0 Å². The lowest BCUT2D eigenvalue weighted by atomic mass is 10.2. The zero-order valence-electron chi connectivity index (χ0n) is 12.6. The van der Waals surface area contributed by atoms with Crippen LogP contribution in [0, 0.1) is 0 Å². The molecule has 3 aromatic rings.